The summed E-state index contributed by atoms with van der Waals surface area (Å²) >= 11 is 6.36. The summed E-state index contributed by atoms with van der Waals surface area (Å²) in [6, 6.07) is 3.69. The van der Waals surface area contributed by atoms with E-state index in [1.807, 2.05) is 0 Å². The van der Waals surface area contributed by atoms with Crippen LogP contribution in [0.4, 0.5) is 5.95 Å². The Morgan fingerprint density at radius 3 is 2.75 bits per heavy atom. The maximum absolute atomic E-state index is 13.2. The zero-order valence-corrected chi connectivity index (χ0v) is 23.1. The Balaban J connectivity index is 1.47. The van der Waals surface area contributed by atoms with E-state index >= 15 is 0 Å². The van der Waals surface area contributed by atoms with Gasteiger partial charge in [0.05, 0.1) is 40.4 Å². The number of fused-ring (bicyclic) bond motifs is 2. The summed E-state index contributed by atoms with van der Waals surface area (Å²) in [5, 5.41) is 4.24. The van der Waals surface area contributed by atoms with Gasteiger partial charge in [-0.05, 0) is 56.1 Å². The van der Waals surface area contributed by atoms with Gasteiger partial charge in [-0.2, -0.15) is 0 Å². The summed E-state index contributed by atoms with van der Waals surface area (Å²) in [6.07, 6.45) is 9.60. The number of hydrogen-bond acceptors (Lipinski definition) is 8. The molecule has 1 saturated heterocycles. The first-order valence-corrected chi connectivity index (χ1v) is 14.6. The van der Waals surface area contributed by atoms with E-state index in [1.165, 1.54) is 19.0 Å². The third-order valence-electron chi connectivity index (χ3n) is 8.83. The van der Waals surface area contributed by atoms with Gasteiger partial charge in [0, 0.05) is 19.3 Å². The zero-order chi connectivity index (χ0) is 27.4. The lowest BCUT2D eigenvalue weighted by atomic mass is 9.83. The van der Waals surface area contributed by atoms with Crippen molar-refractivity contribution in [3.05, 3.63) is 44.3 Å². The van der Waals surface area contributed by atoms with Crippen molar-refractivity contribution in [3.63, 3.8) is 0 Å². The fraction of sp³-hybridized carbons (Fsp3) is 0.536. The van der Waals surface area contributed by atoms with Gasteiger partial charge in [-0.3, -0.25) is 14.3 Å². The number of H-pyrrole nitrogens is 2. The maximum Gasteiger partial charge on any atom is 0.439 e. The number of ether oxygens (including phenoxy) is 1. The fourth-order valence-electron chi connectivity index (χ4n) is 6.76. The highest BCUT2D eigenvalue weighted by molar-refractivity contribution is 6.30. The minimum absolute atomic E-state index is 0.172. The Bertz CT molecular complexity index is 1670. The van der Waals surface area contributed by atoms with Gasteiger partial charge in [0.25, 0.3) is 5.56 Å². The van der Waals surface area contributed by atoms with Crippen molar-refractivity contribution in [1.82, 2.24) is 29.7 Å². The second-order valence-electron chi connectivity index (χ2n) is 11.5. The number of halogens is 1. The van der Waals surface area contributed by atoms with E-state index in [4.69, 9.17) is 30.8 Å². The van der Waals surface area contributed by atoms with Crippen LogP contribution in [-0.2, 0) is 11.3 Å². The topological polar surface area (TPSA) is 135 Å². The van der Waals surface area contributed by atoms with Crippen LogP contribution in [-0.4, -0.2) is 55.0 Å². The van der Waals surface area contributed by atoms with Crippen LogP contribution in [0.1, 0.15) is 51.9 Å². The molecule has 0 aromatic carbocycles. The van der Waals surface area contributed by atoms with Gasteiger partial charge in [-0.25, -0.2) is 14.8 Å². The molecule has 2 saturated carbocycles. The molecule has 12 heteroatoms. The standard InChI is InChI=1S/C28H32ClN7O4/c1-15-5-7-16(8-6-15)14-36-24-19(32-27(36)35-9-10-39-22-4-2-3-21(22)35)12-20(25-33-28(38)40-34-25)31-23(24)18-11-17(29)13-30-26(18)37/h11-13,15-16,21-22H,2-10,14H2,1H3,(H,30,37)(H,33,34,38)/t15?,16?,21-,22-/m0/s1. The highest BCUT2D eigenvalue weighted by atomic mass is 35.5. The number of morpholine rings is 1. The smallest absolute Gasteiger partial charge is 0.374 e. The van der Waals surface area contributed by atoms with Crippen LogP contribution in [0.15, 0.2) is 32.4 Å². The Morgan fingerprint density at radius 2 is 1.95 bits per heavy atom. The molecule has 11 nitrogen and oxygen atoms in total. The van der Waals surface area contributed by atoms with E-state index in [0.717, 1.165) is 62.6 Å². The second-order valence-corrected chi connectivity index (χ2v) is 11.9. The fourth-order valence-corrected chi connectivity index (χ4v) is 6.93. The van der Waals surface area contributed by atoms with Crippen molar-refractivity contribution in [1.29, 1.82) is 0 Å². The molecule has 210 valence electrons. The lowest BCUT2D eigenvalue weighted by Gasteiger charge is -2.39. The predicted octanol–water partition coefficient (Wildman–Crippen LogP) is 4.37. The largest absolute Gasteiger partial charge is 0.439 e. The van der Waals surface area contributed by atoms with E-state index < -0.39 is 5.76 Å². The molecule has 40 heavy (non-hydrogen) atoms. The van der Waals surface area contributed by atoms with Crippen LogP contribution in [0.2, 0.25) is 5.02 Å². The van der Waals surface area contributed by atoms with Crippen LogP contribution in [0, 0.1) is 11.8 Å². The Morgan fingerprint density at radius 1 is 1.10 bits per heavy atom. The maximum atomic E-state index is 13.2. The molecule has 4 aromatic heterocycles. The molecule has 1 aliphatic heterocycles. The number of nitrogens with zero attached hydrogens (tertiary/aromatic N) is 5. The van der Waals surface area contributed by atoms with Crippen LogP contribution in [0.25, 0.3) is 33.8 Å². The van der Waals surface area contributed by atoms with Gasteiger partial charge in [0.1, 0.15) is 11.4 Å². The molecule has 0 bridgehead atoms. The van der Waals surface area contributed by atoms with E-state index in [1.54, 1.807) is 12.1 Å². The molecule has 3 fully saturated rings. The monoisotopic (exact) mass is 565 g/mol. The Labute approximate surface area is 234 Å². The van der Waals surface area contributed by atoms with Gasteiger partial charge in [-0.1, -0.05) is 36.5 Å². The average Bonchev–Trinajstić information content (AvgIpc) is 3.69. The number of anilines is 1. The van der Waals surface area contributed by atoms with Crippen LogP contribution in [0.5, 0.6) is 0 Å². The summed E-state index contributed by atoms with van der Waals surface area (Å²) in [5.41, 5.74) is 2.26. The third kappa shape index (κ3) is 4.54. The van der Waals surface area contributed by atoms with E-state index in [0.29, 0.717) is 40.0 Å². The first kappa shape index (κ1) is 25.5. The first-order valence-electron chi connectivity index (χ1n) is 14.2. The molecule has 4 aromatic rings. The normalized spacial score (nSPS) is 25.0. The molecule has 0 amide bonds. The van der Waals surface area contributed by atoms with Crippen LogP contribution >= 0.6 is 11.6 Å². The van der Waals surface area contributed by atoms with Gasteiger partial charge in [0.15, 0.2) is 0 Å². The van der Waals surface area contributed by atoms with Crippen molar-refractivity contribution >= 4 is 28.6 Å². The lowest BCUT2D eigenvalue weighted by molar-refractivity contribution is 0.0247. The summed E-state index contributed by atoms with van der Waals surface area (Å²) in [4.78, 5) is 42.7. The highest BCUT2D eigenvalue weighted by Gasteiger charge is 2.39. The quantitative estimate of drug-likeness (QED) is 0.364. The number of hydrogen-bond donors (Lipinski definition) is 2. The molecule has 0 spiro atoms. The Hall–Kier alpha value is -3.44. The molecule has 0 unspecified atom stereocenters. The molecule has 2 N–H and O–H groups in total. The molecular weight excluding hydrogens is 534 g/mol. The summed E-state index contributed by atoms with van der Waals surface area (Å²) in [5.74, 6) is 1.60. The average molecular weight is 566 g/mol. The lowest BCUT2D eigenvalue weighted by Crippen LogP contribution is -2.49. The van der Waals surface area contributed by atoms with E-state index in [9.17, 15) is 9.59 Å². The third-order valence-corrected chi connectivity index (χ3v) is 9.04. The minimum atomic E-state index is -0.683. The molecule has 3 aliphatic rings. The summed E-state index contributed by atoms with van der Waals surface area (Å²) in [6.45, 7) is 4.50. The van der Waals surface area contributed by atoms with Gasteiger partial charge < -0.3 is 19.2 Å². The molecule has 2 atom stereocenters. The molecular formula is C28H32ClN7O4. The van der Waals surface area contributed by atoms with Crippen molar-refractivity contribution in [2.45, 2.75) is 70.6 Å². The van der Waals surface area contributed by atoms with Crippen LogP contribution in [0.3, 0.4) is 0 Å². The highest BCUT2D eigenvalue weighted by Crippen LogP contribution is 2.39. The number of aromatic nitrogens is 6. The van der Waals surface area contributed by atoms with E-state index in [-0.39, 0.29) is 23.5 Å². The van der Waals surface area contributed by atoms with Gasteiger partial charge >= 0.3 is 5.76 Å². The second kappa shape index (κ2) is 10.2. The van der Waals surface area contributed by atoms with Gasteiger partial charge in [0.2, 0.25) is 11.8 Å². The Kier molecular flexibility index (Phi) is 6.50. The summed E-state index contributed by atoms with van der Waals surface area (Å²) in [7, 11) is 0. The van der Waals surface area contributed by atoms with E-state index in [2.05, 4.69) is 31.5 Å². The van der Waals surface area contributed by atoms with Crippen molar-refractivity contribution in [3.8, 4) is 22.8 Å². The number of aromatic amines is 2. The zero-order valence-electron chi connectivity index (χ0n) is 22.4. The summed E-state index contributed by atoms with van der Waals surface area (Å²) < 4.78 is 13.2. The molecule has 5 heterocycles. The first-order chi connectivity index (χ1) is 19.4. The molecule has 7 rings (SSSR count). The SMILES string of the molecule is CC1CCC(Cn2c(N3CCO[C@H]4CCC[C@@H]43)nc3cc(-c4noc(=O)[nH]4)nc(-c4cc(Cl)c[nH]c4=O)c32)CC1. The number of nitrogens with one attached hydrogen (secondary N) is 2. The molecule has 2 aliphatic carbocycles. The number of pyridine rings is 2. The van der Waals surface area contributed by atoms with Crippen LogP contribution < -0.4 is 16.2 Å². The van der Waals surface area contributed by atoms with Gasteiger partial charge in [-0.15, -0.1) is 0 Å². The van der Waals surface area contributed by atoms with Crippen molar-refractivity contribution < 1.29 is 9.26 Å². The van der Waals surface area contributed by atoms with Crippen molar-refractivity contribution in [2.24, 2.45) is 11.8 Å². The number of imidazole rings is 1. The molecule has 0 radical (unpaired) electrons. The minimum Gasteiger partial charge on any atom is -0.374 e. The van der Waals surface area contributed by atoms with Crippen molar-refractivity contribution in [2.75, 3.05) is 18.1 Å². The number of rotatable bonds is 5. The predicted molar refractivity (Wildman–Crippen MR) is 151 cm³/mol.